The maximum Gasteiger partial charge on any atom is 0.419 e. The number of benzene rings is 1. The van der Waals surface area contributed by atoms with Crippen LogP contribution in [0.2, 0.25) is 0 Å². The van der Waals surface area contributed by atoms with E-state index in [4.69, 9.17) is 10.5 Å². The van der Waals surface area contributed by atoms with Crippen molar-refractivity contribution in [2.24, 2.45) is 5.73 Å². The van der Waals surface area contributed by atoms with E-state index in [9.17, 15) is 13.2 Å². The van der Waals surface area contributed by atoms with E-state index in [0.717, 1.165) is 25.3 Å². The van der Waals surface area contributed by atoms with Crippen LogP contribution in [0.3, 0.4) is 0 Å². The molecule has 2 nitrogen and oxygen atoms in total. The van der Waals surface area contributed by atoms with Crippen LogP contribution in [0, 0.1) is 0 Å². The Balaban J connectivity index is 2.23. The van der Waals surface area contributed by atoms with Crippen molar-refractivity contribution in [3.8, 4) is 5.75 Å². The molecule has 0 radical (unpaired) electrons. The van der Waals surface area contributed by atoms with Gasteiger partial charge in [0.1, 0.15) is 11.4 Å². The van der Waals surface area contributed by atoms with Gasteiger partial charge in [-0.2, -0.15) is 13.2 Å². The van der Waals surface area contributed by atoms with Crippen molar-refractivity contribution in [3.63, 3.8) is 0 Å². The molecule has 1 aromatic rings. The van der Waals surface area contributed by atoms with Gasteiger partial charge in [0.25, 0.3) is 0 Å². The van der Waals surface area contributed by atoms with Crippen molar-refractivity contribution >= 4 is 0 Å². The van der Waals surface area contributed by atoms with Gasteiger partial charge in [0, 0.05) is 0 Å². The highest BCUT2D eigenvalue weighted by molar-refractivity contribution is 5.36. The number of halogens is 3. The third-order valence-electron chi connectivity index (χ3n) is 3.38. The fourth-order valence-corrected chi connectivity index (χ4v) is 2.26. The molecule has 1 fully saturated rings. The summed E-state index contributed by atoms with van der Waals surface area (Å²) in [5.41, 5.74) is 4.29. The highest BCUT2D eigenvalue weighted by Gasteiger charge is 2.41. The van der Waals surface area contributed by atoms with Crippen LogP contribution in [0.15, 0.2) is 24.3 Å². The van der Waals surface area contributed by atoms with E-state index < -0.39 is 17.3 Å². The summed E-state index contributed by atoms with van der Waals surface area (Å²) in [4.78, 5) is 0. The lowest BCUT2D eigenvalue weighted by Gasteiger charge is -2.42. The van der Waals surface area contributed by atoms with Gasteiger partial charge in [-0.1, -0.05) is 12.1 Å². The third-order valence-corrected chi connectivity index (χ3v) is 3.38. The van der Waals surface area contributed by atoms with Gasteiger partial charge in [-0.05, 0) is 44.4 Å². The van der Waals surface area contributed by atoms with E-state index in [1.54, 1.807) is 6.07 Å². The molecule has 2 rings (SSSR count). The molecule has 0 saturated heterocycles. The normalized spacial score (nSPS) is 18.2. The maximum atomic E-state index is 12.8. The number of alkyl halides is 3. The molecule has 0 atom stereocenters. The van der Waals surface area contributed by atoms with Crippen LogP contribution in [-0.2, 0) is 6.18 Å². The largest absolute Gasteiger partial charge is 0.487 e. The lowest BCUT2D eigenvalue weighted by Crippen LogP contribution is -2.45. The molecule has 0 heterocycles. The number of rotatable bonds is 4. The van der Waals surface area contributed by atoms with E-state index in [-0.39, 0.29) is 5.75 Å². The molecule has 2 N–H and O–H groups in total. The number of para-hydroxylation sites is 1. The van der Waals surface area contributed by atoms with E-state index in [1.807, 2.05) is 0 Å². The fourth-order valence-electron chi connectivity index (χ4n) is 2.26. The van der Waals surface area contributed by atoms with Gasteiger partial charge in [-0.15, -0.1) is 0 Å². The smallest absolute Gasteiger partial charge is 0.419 e. The summed E-state index contributed by atoms with van der Waals surface area (Å²) in [5, 5.41) is 0. The number of hydrogen-bond acceptors (Lipinski definition) is 2. The SMILES string of the molecule is NCCC1(Oc2ccccc2C(F)(F)F)CCC1. The summed E-state index contributed by atoms with van der Waals surface area (Å²) in [6.07, 6.45) is -1.26. The summed E-state index contributed by atoms with van der Waals surface area (Å²) >= 11 is 0. The quantitative estimate of drug-likeness (QED) is 0.899. The molecule has 0 aliphatic heterocycles. The van der Waals surface area contributed by atoms with Crippen molar-refractivity contribution < 1.29 is 17.9 Å². The average molecular weight is 259 g/mol. The number of hydrogen-bond donors (Lipinski definition) is 1. The average Bonchev–Trinajstić information content (AvgIpc) is 2.25. The van der Waals surface area contributed by atoms with Gasteiger partial charge >= 0.3 is 6.18 Å². The van der Waals surface area contributed by atoms with Gasteiger partial charge in [0.2, 0.25) is 0 Å². The second kappa shape index (κ2) is 4.80. The molecule has 1 aromatic carbocycles. The minimum Gasteiger partial charge on any atom is -0.487 e. The monoisotopic (exact) mass is 259 g/mol. The Morgan fingerprint density at radius 1 is 1.22 bits per heavy atom. The third kappa shape index (κ3) is 2.61. The zero-order chi connectivity index (χ0) is 13.2. The number of nitrogens with two attached hydrogens (primary N) is 1. The first kappa shape index (κ1) is 13.2. The minimum absolute atomic E-state index is 0.0850. The Hall–Kier alpha value is -1.23. The topological polar surface area (TPSA) is 35.2 Å². The second-order valence-corrected chi connectivity index (χ2v) is 4.67. The highest BCUT2D eigenvalue weighted by Crippen LogP contribution is 2.43. The summed E-state index contributed by atoms with van der Waals surface area (Å²) in [7, 11) is 0. The zero-order valence-corrected chi connectivity index (χ0v) is 9.96. The van der Waals surface area contributed by atoms with Gasteiger partial charge in [0.05, 0.1) is 5.56 Å². The van der Waals surface area contributed by atoms with Gasteiger partial charge in [-0.3, -0.25) is 0 Å². The minimum atomic E-state index is -4.38. The Labute approximate surface area is 104 Å². The molecule has 1 aliphatic rings. The van der Waals surface area contributed by atoms with E-state index in [1.165, 1.54) is 12.1 Å². The molecule has 0 aromatic heterocycles. The lowest BCUT2D eigenvalue weighted by atomic mass is 9.77. The molecule has 0 amide bonds. The van der Waals surface area contributed by atoms with Crippen molar-refractivity contribution in [3.05, 3.63) is 29.8 Å². The molecule has 1 aliphatic carbocycles. The predicted octanol–water partition coefficient (Wildman–Crippen LogP) is 3.36. The molecule has 5 heteroatoms. The summed E-state index contributed by atoms with van der Waals surface area (Å²) in [5.74, 6) is -0.0850. The molecular weight excluding hydrogens is 243 g/mol. The van der Waals surface area contributed by atoms with Crippen molar-refractivity contribution in [1.29, 1.82) is 0 Å². The maximum absolute atomic E-state index is 12.8. The Morgan fingerprint density at radius 3 is 2.39 bits per heavy atom. The van der Waals surface area contributed by atoms with Crippen LogP contribution < -0.4 is 10.5 Å². The Kier molecular flexibility index (Phi) is 3.52. The summed E-state index contributed by atoms with van der Waals surface area (Å²) in [6.45, 7) is 0.425. The first-order chi connectivity index (χ1) is 8.47. The standard InChI is InChI=1S/C13H16F3NO/c14-13(15,16)10-4-1-2-5-11(10)18-12(8-9-17)6-3-7-12/h1-2,4-5H,3,6-9,17H2. The Morgan fingerprint density at radius 2 is 1.89 bits per heavy atom. The second-order valence-electron chi connectivity index (χ2n) is 4.67. The van der Waals surface area contributed by atoms with Crippen LogP contribution in [0.25, 0.3) is 0 Å². The van der Waals surface area contributed by atoms with Gasteiger partial charge in [-0.25, -0.2) is 0 Å². The summed E-state index contributed by atoms with van der Waals surface area (Å²) < 4.78 is 44.1. The fraction of sp³-hybridized carbons (Fsp3) is 0.538. The van der Waals surface area contributed by atoms with Crippen LogP contribution in [0.5, 0.6) is 5.75 Å². The van der Waals surface area contributed by atoms with E-state index >= 15 is 0 Å². The molecule has 18 heavy (non-hydrogen) atoms. The Bertz CT molecular complexity index is 413. The molecule has 0 spiro atoms. The summed E-state index contributed by atoms with van der Waals surface area (Å²) in [6, 6.07) is 5.34. The predicted molar refractivity (Wildman–Crippen MR) is 62.3 cm³/mol. The van der Waals surface area contributed by atoms with Crippen molar-refractivity contribution in [2.75, 3.05) is 6.54 Å². The first-order valence-electron chi connectivity index (χ1n) is 6.02. The molecular formula is C13H16F3NO. The van der Waals surface area contributed by atoms with Crippen molar-refractivity contribution in [2.45, 2.75) is 37.5 Å². The van der Waals surface area contributed by atoms with Crippen LogP contribution in [0.1, 0.15) is 31.2 Å². The van der Waals surface area contributed by atoms with Crippen LogP contribution in [0.4, 0.5) is 13.2 Å². The molecule has 100 valence electrons. The number of ether oxygens (including phenoxy) is 1. The van der Waals surface area contributed by atoms with Crippen LogP contribution in [-0.4, -0.2) is 12.1 Å². The molecule has 1 saturated carbocycles. The van der Waals surface area contributed by atoms with E-state index in [2.05, 4.69) is 0 Å². The lowest BCUT2D eigenvalue weighted by molar-refractivity contribution is -0.141. The van der Waals surface area contributed by atoms with Crippen molar-refractivity contribution in [1.82, 2.24) is 0 Å². The van der Waals surface area contributed by atoms with Gasteiger partial charge in [0.15, 0.2) is 0 Å². The molecule has 0 bridgehead atoms. The van der Waals surface area contributed by atoms with E-state index in [0.29, 0.717) is 13.0 Å². The zero-order valence-electron chi connectivity index (χ0n) is 9.96. The highest BCUT2D eigenvalue weighted by atomic mass is 19.4. The first-order valence-corrected chi connectivity index (χ1v) is 6.02. The van der Waals surface area contributed by atoms with Crippen LogP contribution >= 0.6 is 0 Å². The van der Waals surface area contributed by atoms with Gasteiger partial charge < -0.3 is 10.5 Å². The molecule has 0 unspecified atom stereocenters.